The van der Waals surface area contributed by atoms with Crippen LogP contribution < -0.4 is 10.5 Å². The second-order valence-electron chi connectivity index (χ2n) is 5.89. The number of benzene rings is 2. The molecule has 1 unspecified atom stereocenters. The third-order valence-corrected chi connectivity index (χ3v) is 5.39. The van der Waals surface area contributed by atoms with E-state index in [-0.39, 0.29) is 23.3 Å². The zero-order valence-electron chi connectivity index (χ0n) is 14.1. The Hall–Kier alpha value is -1.70. The van der Waals surface area contributed by atoms with E-state index in [9.17, 15) is 13.2 Å². The maximum atomic E-state index is 12.4. The quantitative estimate of drug-likeness (QED) is 0.745. The highest BCUT2D eigenvalue weighted by molar-refractivity contribution is 9.10. The fourth-order valence-corrected chi connectivity index (χ4v) is 3.65. The van der Waals surface area contributed by atoms with E-state index in [0.29, 0.717) is 6.42 Å². The van der Waals surface area contributed by atoms with Crippen molar-refractivity contribution in [3.8, 4) is 0 Å². The molecule has 2 aromatic carbocycles. The Morgan fingerprint density at radius 3 is 2.56 bits per heavy atom. The number of halogens is 1. The van der Waals surface area contributed by atoms with Crippen LogP contribution in [0.2, 0.25) is 0 Å². The van der Waals surface area contributed by atoms with Crippen molar-refractivity contribution in [3.05, 3.63) is 63.6 Å². The summed E-state index contributed by atoms with van der Waals surface area (Å²) in [5.41, 5.74) is 2.71. The van der Waals surface area contributed by atoms with Crippen molar-refractivity contribution >= 4 is 31.9 Å². The van der Waals surface area contributed by atoms with E-state index in [2.05, 4.69) is 21.2 Å². The minimum Gasteiger partial charge on any atom is -0.349 e. The number of aryl methyl sites for hydroxylation is 1. The molecule has 0 fully saturated rings. The molecular weight excluding hydrogens is 404 g/mol. The summed E-state index contributed by atoms with van der Waals surface area (Å²) in [6.45, 7) is 3.89. The average molecular weight is 425 g/mol. The van der Waals surface area contributed by atoms with Crippen LogP contribution in [0.15, 0.2) is 51.8 Å². The summed E-state index contributed by atoms with van der Waals surface area (Å²) in [5, 5.41) is 8.15. The number of amides is 1. The minimum absolute atomic E-state index is 0.0430. The minimum atomic E-state index is -3.77. The van der Waals surface area contributed by atoms with E-state index in [1.165, 1.54) is 12.1 Å². The molecular formula is C18H21BrN2O3S. The Labute approximate surface area is 156 Å². The standard InChI is InChI=1S/C18H21BrN2O3S/c1-3-17(14-5-4-6-16(10-14)25(20,23)24)21-18(22)11-13-7-8-15(19)9-12(13)2/h4-10,17H,3,11H2,1-2H3,(H,21,22)(H2,20,23,24). The Morgan fingerprint density at radius 1 is 1.24 bits per heavy atom. The Balaban J connectivity index is 2.15. The van der Waals surface area contributed by atoms with Crippen molar-refractivity contribution in [2.24, 2.45) is 5.14 Å². The van der Waals surface area contributed by atoms with Crippen molar-refractivity contribution in [2.75, 3.05) is 0 Å². The summed E-state index contributed by atoms with van der Waals surface area (Å²) < 4.78 is 24.0. The molecule has 0 bridgehead atoms. The molecule has 0 saturated heterocycles. The van der Waals surface area contributed by atoms with Crippen molar-refractivity contribution < 1.29 is 13.2 Å². The van der Waals surface area contributed by atoms with E-state index in [4.69, 9.17) is 5.14 Å². The van der Waals surface area contributed by atoms with Gasteiger partial charge in [0.15, 0.2) is 0 Å². The summed E-state index contributed by atoms with van der Waals surface area (Å²) in [7, 11) is -3.77. The number of hydrogen-bond donors (Lipinski definition) is 2. The molecule has 0 aliphatic heterocycles. The van der Waals surface area contributed by atoms with Gasteiger partial charge in [-0.05, 0) is 54.3 Å². The van der Waals surface area contributed by atoms with Gasteiger partial charge in [0.2, 0.25) is 15.9 Å². The lowest BCUT2D eigenvalue weighted by Gasteiger charge is -2.18. The summed E-state index contributed by atoms with van der Waals surface area (Å²) in [6, 6.07) is 11.9. The van der Waals surface area contributed by atoms with Crippen LogP contribution >= 0.6 is 15.9 Å². The van der Waals surface area contributed by atoms with Crippen molar-refractivity contribution in [2.45, 2.75) is 37.6 Å². The van der Waals surface area contributed by atoms with Gasteiger partial charge in [-0.3, -0.25) is 4.79 Å². The Kier molecular flexibility index (Phi) is 6.37. The first-order valence-electron chi connectivity index (χ1n) is 7.88. The molecule has 0 spiro atoms. The molecule has 0 aromatic heterocycles. The molecule has 2 rings (SSSR count). The first-order chi connectivity index (χ1) is 11.7. The van der Waals surface area contributed by atoms with Crippen LogP contribution in [0.5, 0.6) is 0 Å². The Bertz CT molecular complexity index is 882. The second-order valence-corrected chi connectivity index (χ2v) is 8.37. The third kappa shape index (κ3) is 5.39. The molecule has 5 nitrogen and oxygen atoms in total. The summed E-state index contributed by atoms with van der Waals surface area (Å²) in [6.07, 6.45) is 0.906. The lowest BCUT2D eigenvalue weighted by atomic mass is 10.0. The molecule has 0 aliphatic carbocycles. The molecule has 0 heterocycles. The molecule has 0 saturated carbocycles. The highest BCUT2D eigenvalue weighted by atomic mass is 79.9. The molecule has 0 radical (unpaired) electrons. The van der Waals surface area contributed by atoms with Crippen LogP contribution in [-0.2, 0) is 21.2 Å². The fourth-order valence-electron chi connectivity index (χ4n) is 2.61. The third-order valence-electron chi connectivity index (χ3n) is 3.99. The molecule has 7 heteroatoms. The number of nitrogens with one attached hydrogen (secondary N) is 1. The van der Waals surface area contributed by atoms with Gasteiger partial charge in [0.05, 0.1) is 17.4 Å². The largest absolute Gasteiger partial charge is 0.349 e. The van der Waals surface area contributed by atoms with Gasteiger partial charge in [0.1, 0.15) is 0 Å². The highest BCUT2D eigenvalue weighted by Gasteiger charge is 2.16. The van der Waals surface area contributed by atoms with Gasteiger partial charge in [-0.1, -0.05) is 41.1 Å². The number of nitrogens with two attached hydrogens (primary N) is 1. The normalized spacial score (nSPS) is 12.6. The first kappa shape index (κ1) is 19.6. The maximum absolute atomic E-state index is 12.4. The predicted molar refractivity (Wildman–Crippen MR) is 102 cm³/mol. The van der Waals surface area contributed by atoms with Crippen LogP contribution in [0.3, 0.4) is 0 Å². The zero-order valence-corrected chi connectivity index (χ0v) is 16.5. The van der Waals surface area contributed by atoms with E-state index >= 15 is 0 Å². The molecule has 3 N–H and O–H groups in total. The van der Waals surface area contributed by atoms with Gasteiger partial charge in [-0.2, -0.15) is 0 Å². The Morgan fingerprint density at radius 2 is 1.96 bits per heavy atom. The predicted octanol–water partition coefficient (Wildman–Crippen LogP) is 3.21. The van der Waals surface area contributed by atoms with Gasteiger partial charge < -0.3 is 5.32 Å². The highest BCUT2D eigenvalue weighted by Crippen LogP contribution is 2.21. The smallest absolute Gasteiger partial charge is 0.238 e. The van der Waals surface area contributed by atoms with Crippen LogP contribution in [0.25, 0.3) is 0 Å². The van der Waals surface area contributed by atoms with Crippen LogP contribution in [0.1, 0.15) is 36.1 Å². The van der Waals surface area contributed by atoms with E-state index in [0.717, 1.165) is 21.2 Å². The van der Waals surface area contributed by atoms with Crippen LogP contribution in [-0.4, -0.2) is 14.3 Å². The van der Waals surface area contributed by atoms with E-state index in [1.54, 1.807) is 12.1 Å². The molecule has 1 amide bonds. The van der Waals surface area contributed by atoms with Crippen LogP contribution in [0, 0.1) is 6.92 Å². The molecule has 2 aromatic rings. The number of carbonyl (C=O) groups is 1. The maximum Gasteiger partial charge on any atom is 0.238 e. The second kappa shape index (κ2) is 8.12. The topological polar surface area (TPSA) is 89.3 Å². The molecule has 0 aliphatic rings. The molecule has 25 heavy (non-hydrogen) atoms. The van der Waals surface area contributed by atoms with Gasteiger partial charge in [-0.15, -0.1) is 0 Å². The first-order valence-corrected chi connectivity index (χ1v) is 10.2. The summed E-state index contributed by atoms with van der Waals surface area (Å²) >= 11 is 3.41. The van der Waals surface area contributed by atoms with Crippen molar-refractivity contribution in [3.63, 3.8) is 0 Å². The molecule has 134 valence electrons. The average Bonchev–Trinajstić information content (AvgIpc) is 2.54. The van der Waals surface area contributed by atoms with Crippen molar-refractivity contribution in [1.82, 2.24) is 5.32 Å². The van der Waals surface area contributed by atoms with Gasteiger partial charge in [-0.25, -0.2) is 13.6 Å². The number of primary sulfonamides is 1. The fraction of sp³-hybridized carbons (Fsp3) is 0.278. The number of carbonyl (C=O) groups excluding carboxylic acids is 1. The van der Waals surface area contributed by atoms with E-state index in [1.807, 2.05) is 32.0 Å². The number of hydrogen-bond acceptors (Lipinski definition) is 3. The number of rotatable bonds is 6. The monoisotopic (exact) mass is 424 g/mol. The van der Waals surface area contributed by atoms with Gasteiger partial charge in [0, 0.05) is 4.47 Å². The van der Waals surface area contributed by atoms with Crippen molar-refractivity contribution in [1.29, 1.82) is 0 Å². The molecule has 1 atom stereocenters. The van der Waals surface area contributed by atoms with Gasteiger partial charge >= 0.3 is 0 Å². The SMILES string of the molecule is CCC(NC(=O)Cc1ccc(Br)cc1C)c1cccc(S(N)(=O)=O)c1. The van der Waals surface area contributed by atoms with E-state index < -0.39 is 10.0 Å². The number of sulfonamides is 1. The lowest BCUT2D eigenvalue weighted by Crippen LogP contribution is -2.30. The van der Waals surface area contributed by atoms with Crippen LogP contribution in [0.4, 0.5) is 0 Å². The van der Waals surface area contributed by atoms with Gasteiger partial charge in [0.25, 0.3) is 0 Å². The summed E-state index contributed by atoms with van der Waals surface area (Å²) in [4.78, 5) is 12.5. The lowest BCUT2D eigenvalue weighted by molar-refractivity contribution is -0.121. The summed E-state index contributed by atoms with van der Waals surface area (Å²) in [5.74, 6) is -0.113. The zero-order chi connectivity index (χ0) is 18.6.